The van der Waals surface area contributed by atoms with E-state index in [1.165, 1.54) is 11.0 Å². The van der Waals surface area contributed by atoms with Gasteiger partial charge in [-0.3, -0.25) is 9.69 Å². The van der Waals surface area contributed by atoms with E-state index in [1.54, 1.807) is 58.0 Å². The number of hydrogen-bond acceptors (Lipinski definition) is 7. The van der Waals surface area contributed by atoms with Gasteiger partial charge in [-0.05, 0) is 39.7 Å². The summed E-state index contributed by atoms with van der Waals surface area (Å²) in [7, 11) is -4.43. The quantitative estimate of drug-likeness (QED) is 0.458. The third-order valence-electron chi connectivity index (χ3n) is 7.02. The molecule has 0 radical (unpaired) electrons. The molecule has 0 spiro atoms. The summed E-state index contributed by atoms with van der Waals surface area (Å²) in [6, 6.07) is 8.85. The molecule has 14 heteroatoms. The summed E-state index contributed by atoms with van der Waals surface area (Å²) in [5.41, 5.74) is -0.724. The zero-order chi connectivity index (χ0) is 31.0. The minimum atomic E-state index is -4.43. The fourth-order valence-electron chi connectivity index (χ4n) is 4.91. The molecule has 42 heavy (non-hydrogen) atoms. The Kier molecular flexibility index (Phi) is 8.58. The molecule has 228 valence electrons. The first-order chi connectivity index (χ1) is 19.6. The lowest BCUT2D eigenvalue weighted by molar-refractivity contribution is -0.117. The first kappa shape index (κ1) is 30.9. The van der Waals surface area contributed by atoms with Gasteiger partial charge in [0.1, 0.15) is 30.2 Å². The summed E-state index contributed by atoms with van der Waals surface area (Å²) in [4.78, 5) is 40.0. The minimum absolute atomic E-state index is 0.0408. The van der Waals surface area contributed by atoms with Gasteiger partial charge in [0.15, 0.2) is 5.82 Å². The van der Waals surface area contributed by atoms with Gasteiger partial charge in [-0.2, -0.15) is 8.42 Å². The van der Waals surface area contributed by atoms with Crippen molar-refractivity contribution in [3.05, 3.63) is 53.3 Å². The van der Waals surface area contributed by atoms with E-state index in [9.17, 15) is 27.9 Å². The lowest BCUT2D eigenvalue weighted by Gasteiger charge is -2.34. The Morgan fingerprint density at radius 1 is 1.24 bits per heavy atom. The molecule has 1 saturated heterocycles. The smallest absolute Gasteiger partial charge is 0.412 e. The number of carbonyl (C=O) groups is 3. The molecule has 2 N–H and O–H groups in total. The summed E-state index contributed by atoms with van der Waals surface area (Å²) in [6.45, 7) is 7.95. The highest BCUT2D eigenvalue weighted by atomic mass is 32.2. The molecule has 1 fully saturated rings. The van der Waals surface area contributed by atoms with Crippen LogP contribution in [0.15, 0.2) is 36.4 Å². The average molecular weight is 607 g/mol. The molecular formula is C28H35FN4O8S. The summed E-state index contributed by atoms with van der Waals surface area (Å²) < 4.78 is 55.7. The van der Waals surface area contributed by atoms with E-state index in [0.29, 0.717) is 16.3 Å². The number of carbonyl (C=O) groups excluding carboxylic acids is 2. The molecule has 0 aliphatic carbocycles. The van der Waals surface area contributed by atoms with Crippen LogP contribution < -0.4 is 18.7 Å². The maximum Gasteiger partial charge on any atom is 0.412 e. The third-order valence-corrected chi connectivity index (χ3v) is 8.40. The number of rotatable bonds is 8. The molecule has 2 atom stereocenters. The van der Waals surface area contributed by atoms with Crippen LogP contribution in [-0.4, -0.2) is 67.3 Å². The van der Waals surface area contributed by atoms with E-state index in [-0.39, 0.29) is 42.6 Å². The highest BCUT2D eigenvalue weighted by Crippen LogP contribution is 2.45. The molecular weight excluding hydrogens is 571 g/mol. The summed E-state index contributed by atoms with van der Waals surface area (Å²) >= 11 is 0. The van der Waals surface area contributed by atoms with E-state index >= 15 is 4.39 Å². The predicted molar refractivity (Wildman–Crippen MR) is 152 cm³/mol. The van der Waals surface area contributed by atoms with Gasteiger partial charge >= 0.3 is 22.4 Å². The Morgan fingerprint density at radius 3 is 2.45 bits per heavy atom. The molecule has 2 aromatic carbocycles. The molecule has 0 saturated carbocycles. The van der Waals surface area contributed by atoms with Crippen LogP contribution in [0, 0.1) is 5.82 Å². The second-order valence-corrected chi connectivity index (χ2v) is 12.8. The van der Waals surface area contributed by atoms with Crippen LogP contribution in [0.4, 0.5) is 25.4 Å². The van der Waals surface area contributed by atoms with Crippen molar-refractivity contribution in [2.45, 2.75) is 71.8 Å². The molecule has 0 bridgehead atoms. The fourth-order valence-corrected chi connectivity index (χ4v) is 6.07. The van der Waals surface area contributed by atoms with Crippen LogP contribution in [0.5, 0.6) is 5.75 Å². The van der Waals surface area contributed by atoms with Gasteiger partial charge in [0.05, 0.1) is 11.7 Å². The number of halogens is 1. The highest BCUT2D eigenvalue weighted by Gasteiger charge is 2.44. The van der Waals surface area contributed by atoms with Crippen LogP contribution in [0.3, 0.4) is 0 Å². The largest absolute Gasteiger partial charge is 0.487 e. The van der Waals surface area contributed by atoms with Crippen LogP contribution in [0.2, 0.25) is 0 Å². The van der Waals surface area contributed by atoms with Gasteiger partial charge in [-0.15, -0.1) is 0 Å². The number of amides is 3. The van der Waals surface area contributed by atoms with Gasteiger partial charge in [-0.1, -0.05) is 37.3 Å². The fraction of sp³-hybridized carbons (Fsp3) is 0.464. The second-order valence-electron chi connectivity index (χ2n) is 11.2. The van der Waals surface area contributed by atoms with E-state index < -0.39 is 58.0 Å². The first-order valence-electron chi connectivity index (χ1n) is 13.5. The minimum Gasteiger partial charge on any atom is -0.487 e. The summed E-state index contributed by atoms with van der Waals surface area (Å²) in [5, 5.41) is 10.2. The number of hydrogen-bond donors (Lipinski definition) is 2. The molecule has 12 nitrogen and oxygen atoms in total. The maximum absolute atomic E-state index is 16.4. The van der Waals surface area contributed by atoms with Gasteiger partial charge < -0.3 is 19.5 Å². The van der Waals surface area contributed by atoms with Crippen LogP contribution >= 0.6 is 0 Å². The van der Waals surface area contributed by atoms with Crippen molar-refractivity contribution in [3.8, 4) is 5.75 Å². The summed E-state index contributed by atoms with van der Waals surface area (Å²) in [5.74, 6) is -2.14. The van der Waals surface area contributed by atoms with Crippen molar-refractivity contribution in [2.75, 3.05) is 22.3 Å². The highest BCUT2D eigenvalue weighted by molar-refractivity contribution is 7.92. The van der Waals surface area contributed by atoms with Gasteiger partial charge in [0.25, 0.3) is 5.91 Å². The Labute approximate surface area is 244 Å². The lowest BCUT2D eigenvalue weighted by Crippen LogP contribution is -2.50. The zero-order valence-electron chi connectivity index (χ0n) is 24.1. The molecule has 2 aromatic rings. The van der Waals surface area contributed by atoms with Crippen LogP contribution in [-0.2, 0) is 32.8 Å². The van der Waals surface area contributed by atoms with Crippen LogP contribution in [0.25, 0.3) is 0 Å². The second kappa shape index (κ2) is 11.7. The lowest BCUT2D eigenvalue weighted by atomic mass is 10.1. The monoisotopic (exact) mass is 606 g/mol. The standard InChI is InChI=1S/C28H35FN4O8S/c1-6-17(2)31(27(37)41-28(3,4)5)14-19-12-20-21(33(19)26(35)36)13-22(40-16-18-10-8-7-9-11-18)25(24(20)29)32-15-23(34)30-42(32,38)39/h7-11,13,17,19H,6,12,14-16H2,1-5H3,(H,30,34)(H,35,36)/t17-,19-/m1/s1. The Balaban J connectivity index is 1.78. The molecule has 0 unspecified atom stereocenters. The van der Waals surface area contributed by atoms with Gasteiger partial charge in [0.2, 0.25) is 0 Å². The predicted octanol–water partition coefficient (Wildman–Crippen LogP) is 4.03. The van der Waals surface area contributed by atoms with Gasteiger partial charge in [0, 0.05) is 30.6 Å². The Hall–Kier alpha value is -4.07. The Bertz CT molecular complexity index is 1480. The molecule has 0 aromatic heterocycles. The van der Waals surface area contributed by atoms with Crippen molar-refractivity contribution < 1.29 is 41.8 Å². The molecule has 2 aliphatic rings. The van der Waals surface area contributed by atoms with E-state index in [1.807, 2.05) is 11.6 Å². The topological polar surface area (TPSA) is 146 Å². The van der Waals surface area contributed by atoms with Gasteiger partial charge in [-0.25, -0.2) is 23.0 Å². The molecule has 2 heterocycles. The third kappa shape index (κ3) is 6.37. The molecule has 3 amide bonds. The maximum atomic E-state index is 16.4. The SMILES string of the molecule is CC[C@@H](C)N(C[C@H]1Cc2c(cc(OCc3ccccc3)c(N3CC(=O)NS3(=O)=O)c2F)N1C(=O)O)C(=O)OC(C)(C)C. The van der Waals surface area contributed by atoms with Crippen molar-refractivity contribution >= 4 is 39.7 Å². The van der Waals surface area contributed by atoms with Crippen LogP contribution in [0.1, 0.15) is 52.2 Å². The van der Waals surface area contributed by atoms with E-state index in [4.69, 9.17) is 9.47 Å². The number of benzene rings is 2. The number of nitrogens with one attached hydrogen (secondary N) is 1. The first-order valence-corrected chi connectivity index (χ1v) is 14.9. The zero-order valence-corrected chi connectivity index (χ0v) is 24.9. The van der Waals surface area contributed by atoms with Crippen molar-refractivity contribution in [1.82, 2.24) is 9.62 Å². The number of nitrogens with zero attached hydrogens (tertiary/aromatic N) is 3. The van der Waals surface area contributed by atoms with Crippen molar-refractivity contribution in [2.24, 2.45) is 0 Å². The van der Waals surface area contributed by atoms with Crippen molar-refractivity contribution in [3.63, 3.8) is 0 Å². The Morgan fingerprint density at radius 2 is 1.90 bits per heavy atom. The number of anilines is 2. The average Bonchev–Trinajstić information content (AvgIpc) is 3.40. The normalized spacial score (nSPS) is 18.3. The molecule has 4 rings (SSSR count). The number of fused-ring (bicyclic) bond motifs is 1. The van der Waals surface area contributed by atoms with E-state index in [0.717, 1.165) is 4.90 Å². The summed E-state index contributed by atoms with van der Waals surface area (Å²) in [6.07, 6.45) is -1.64. The van der Waals surface area contributed by atoms with E-state index in [2.05, 4.69) is 0 Å². The molecule has 2 aliphatic heterocycles. The number of ether oxygens (including phenoxy) is 2. The number of carboxylic acid groups (broad SMARTS) is 1. The van der Waals surface area contributed by atoms with Crippen molar-refractivity contribution in [1.29, 1.82) is 0 Å².